The van der Waals surface area contributed by atoms with Gasteiger partial charge in [0.05, 0.1) is 0 Å². The maximum absolute atomic E-state index is 12.1. The molecule has 19 heavy (non-hydrogen) atoms. The first-order chi connectivity index (χ1) is 9.13. The van der Waals surface area contributed by atoms with Crippen molar-refractivity contribution >= 4 is 5.78 Å². The number of nitrogens with one attached hydrogen (secondary N) is 1. The Morgan fingerprint density at radius 3 is 2.42 bits per heavy atom. The molecule has 1 saturated heterocycles. The molecule has 0 aromatic heterocycles. The molecule has 104 valence electrons. The number of hydrogen-bond acceptors (Lipinski definition) is 2. The number of carbonyl (C=O) groups excluding carboxylic acids is 1. The molecule has 1 heterocycles. The third-order valence-electron chi connectivity index (χ3n) is 3.97. The second-order valence-electron chi connectivity index (χ2n) is 5.94. The van der Waals surface area contributed by atoms with Crippen LogP contribution < -0.4 is 5.32 Å². The third kappa shape index (κ3) is 4.79. The second kappa shape index (κ2) is 6.85. The van der Waals surface area contributed by atoms with Gasteiger partial charge in [-0.15, -0.1) is 0 Å². The number of rotatable bonds is 5. The van der Waals surface area contributed by atoms with E-state index in [4.69, 9.17) is 0 Å². The number of piperidine rings is 1. The molecule has 0 spiro atoms. The highest BCUT2D eigenvalue weighted by molar-refractivity contribution is 5.80. The van der Waals surface area contributed by atoms with Gasteiger partial charge in [0.1, 0.15) is 5.78 Å². The summed E-state index contributed by atoms with van der Waals surface area (Å²) in [4.78, 5) is 12.1. The van der Waals surface area contributed by atoms with Crippen LogP contribution in [0.4, 0.5) is 0 Å². The fourth-order valence-electron chi connectivity index (χ4n) is 3.02. The van der Waals surface area contributed by atoms with Crippen LogP contribution in [0.5, 0.6) is 0 Å². The smallest absolute Gasteiger partial charge is 0.137 e. The molecule has 0 aliphatic carbocycles. The second-order valence-corrected chi connectivity index (χ2v) is 5.94. The molecule has 2 rings (SSSR count). The summed E-state index contributed by atoms with van der Waals surface area (Å²) in [7, 11) is 0. The van der Waals surface area contributed by atoms with Gasteiger partial charge in [0.2, 0.25) is 0 Å². The van der Waals surface area contributed by atoms with E-state index < -0.39 is 0 Å². The molecule has 0 saturated carbocycles. The zero-order valence-electron chi connectivity index (χ0n) is 12.2. The lowest BCUT2D eigenvalue weighted by Gasteiger charge is -2.22. The average Bonchev–Trinajstić information content (AvgIpc) is 2.36. The molecule has 0 amide bonds. The molecule has 2 nitrogen and oxygen atoms in total. The highest BCUT2D eigenvalue weighted by atomic mass is 16.1. The van der Waals surface area contributed by atoms with Crippen molar-refractivity contribution in [2.75, 3.05) is 13.1 Å². The molecule has 0 bridgehead atoms. The van der Waals surface area contributed by atoms with Crippen LogP contribution in [-0.4, -0.2) is 18.9 Å². The van der Waals surface area contributed by atoms with Crippen LogP contribution in [-0.2, 0) is 11.2 Å². The van der Waals surface area contributed by atoms with Gasteiger partial charge in [-0.05, 0) is 57.7 Å². The molecular formula is C17H25NO. The summed E-state index contributed by atoms with van der Waals surface area (Å²) in [5.74, 6) is 1.15. The Balaban J connectivity index is 1.80. The van der Waals surface area contributed by atoms with Crippen molar-refractivity contribution in [3.05, 3.63) is 34.9 Å². The van der Waals surface area contributed by atoms with Crippen LogP contribution in [0.3, 0.4) is 0 Å². The Bertz CT molecular complexity index is 413. The van der Waals surface area contributed by atoms with E-state index in [-0.39, 0.29) is 0 Å². The topological polar surface area (TPSA) is 29.1 Å². The fraction of sp³-hybridized carbons (Fsp3) is 0.588. The first kappa shape index (κ1) is 14.3. The van der Waals surface area contributed by atoms with Gasteiger partial charge in [-0.3, -0.25) is 4.79 Å². The summed E-state index contributed by atoms with van der Waals surface area (Å²) in [5, 5.41) is 3.37. The summed E-state index contributed by atoms with van der Waals surface area (Å²) in [6.45, 7) is 6.43. The van der Waals surface area contributed by atoms with Crippen molar-refractivity contribution in [2.24, 2.45) is 5.92 Å². The summed E-state index contributed by atoms with van der Waals surface area (Å²) < 4.78 is 0. The van der Waals surface area contributed by atoms with Gasteiger partial charge in [-0.25, -0.2) is 0 Å². The van der Waals surface area contributed by atoms with Gasteiger partial charge in [0, 0.05) is 12.8 Å². The van der Waals surface area contributed by atoms with E-state index in [2.05, 4.69) is 37.4 Å². The van der Waals surface area contributed by atoms with Gasteiger partial charge in [-0.2, -0.15) is 0 Å². The molecule has 1 aromatic rings. The number of aryl methyl sites for hydroxylation is 2. The predicted molar refractivity (Wildman–Crippen MR) is 79.5 cm³/mol. The maximum atomic E-state index is 12.1. The van der Waals surface area contributed by atoms with E-state index in [9.17, 15) is 4.79 Å². The van der Waals surface area contributed by atoms with Crippen LogP contribution in [0.15, 0.2) is 18.2 Å². The van der Waals surface area contributed by atoms with Crippen LogP contribution in [0, 0.1) is 19.8 Å². The summed E-state index contributed by atoms with van der Waals surface area (Å²) in [6, 6.07) is 6.42. The molecule has 1 aliphatic rings. The normalized spacial score (nSPS) is 16.5. The summed E-state index contributed by atoms with van der Waals surface area (Å²) in [5.41, 5.74) is 3.68. The molecule has 0 unspecified atom stereocenters. The van der Waals surface area contributed by atoms with Crippen molar-refractivity contribution in [3.8, 4) is 0 Å². The van der Waals surface area contributed by atoms with Crippen LogP contribution in [0.2, 0.25) is 0 Å². The lowest BCUT2D eigenvalue weighted by molar-refractivity contribution is -0.118. The predicted octanol–water partition coefficient (Wildman–Crippen LogP) is 3.19. The van der Waals surface area contributed by atoms with E-state index in [1.54, 1.807) is 0 Å². The highest BCUT2D eigenvalue weighted by Gasteiger charge is 2.14. The summed E-state index contributed by atoms with van der Waals surface area (Å²) >= 11 is 0. The largest absolute Gasteiger partial charge is 0.317 e. The zero-order chi connectivity index (χ0) is 13.7. The fourth-order valence-corrected chi connectivity index (χ4v) is 3.02. The van der Waals surface area contributed by atoms with E-state index >= 15 is 0 Å². The average molecular weight is 259 g/mol. The Labute approximate surface area is 116 Å². The molecular weight excluding hydrogens is 234 g/mol. The number of hydrogen-bond donors (Lipinski definition) is 1. The van der Waals surface area contributed by atoms with E-state index in [1.165, 1.54) is 29.5 Å². The highest BCUT2D eigenvalue weighted by Crippen LogP contribution is 2.19. The van der Waals surface area contributed by atoms with Crippen molar-refractivity contribution in [2.45, 2.75) is 46.0 Å². The molecule has 0 radical (unpaired) electrons. The molecule has 1 fully saturated rings. The first-order valence-corrected chi connectivity index (χ1v) is 7.43. The number of carbonyl (C=O) groups is 1. The minimum Gasteiger partial charge on any atom is -0.317 e. The van der Waals surface area contributed by atoms with Gasteiger partial charge in [0.25, 0.3) is 0 Å². The van der Waals surface area contributed by atoms with E-state index in [1.807, 2.05) is 0 Å². The number of ketones is 1. The van der Waals surface area contributed by atoms with E-state index in [0.29, 0.717) is 12.2 Å². The number of benzene rings is 1. The minimum atomic E-state index is 0.392. The lowest BCUT2D eigenvalue weighted by atomic mass is 9.91. The van der Waals surface area contributed by atoms with Crippen molar-refractivity contribution in [1.29, 1.82) is 0 Å². The minimum absolute atomic E-state index is 0.392. The molecule has 1 aliphatic heterocycles. The van der Waals surface area contributed by atoms with Gasteiger partial charge in [-0.1, -0.05) is 29.3 Å². The van der Waals surface area contributed by atoms with Crippen molar-refractivity contribution < 1.29 is 4.79 Å². The Morgan fingerprint density at radius 2 is 1.79 bits per heavy atom. The number of Topliss-reactive ketones (excluding diaryl/α,β-unsaturated/α-hetero) is 1. The van der Waals surface area contributed by atoms with Crippen molar-refractivity contribution in [1.82, 2.24) is 5.32 Å². The Morgan fingerprint density at radius 1 is 1.16 bits per heavy atom. The standard InChI is InChI=1S/C17H25NO/c1-13-9-14(2)11-16(10-13)12-17(19)4-3-15-5-7-18-8-6-15/h9-11,15,18H,3-8,12H2,1-2H3. The van der Waals surface area contributed by atoms with Gasteiger partial charge >= 0.3 is 0 Å². The van der Waals surface area contributed by atoms with Crippen LogP contribution in [0.1, 0.15) is 42.4 Å². The quantitative estimate of drug-likeness (QED) is 0.880. The molecule has 2 heteroatoms. The Hall–Kier alpha value is -1.15. The molecule has 0 atom stereocenters. The zero-order valence-corrected chi connectivity index (χ0v) is 12.2. The van der Waals surface area contributed by atoms with Crippen LogP contribution >= 0.6 is 0 Å². The third-order valence-corrected chi connectivity index (χ3v) is 3.97. The van der Waals surface area contributed by atoms with E-state index in [0.717, 1.165) is 31.8 Å². The van der Waals surface area contributed by atoms with Gasteiger partial charge in [0.15, 0.2) is 0 Å². The first-order valence-electron chi connectivity index (χ1n) is 7.43. The monoisotopic (exact) mass is 259 g/mol. The summed E-state index contributed by atoms with van der Waals surface area (Å²) in [6.07, 6.45) is 4.89. The molecule has 1 N–H and O–H groups in total. The lowest BCUT2D eigenvalue weighted by Crippen LogP contribution is -2.28. The Kier molecular flexibility index (Phi) is 5.15. The SMILES string of the molecule is Cc1cc(C)cc(CC(=O)CCC2CCNCC2)c1. The van der Waals surface area contributed by atoms with Crippen molar-refractivity contribution in [3.63, 3.8) is 0 Å². The maximum Gasteiger partial charge on any atom is 0.137 e. The molecule has 1 aromatic carbocycles. The van der Waals surface area contributed by atoms with Gasteiger partial charge < -0.3 is 5.32 Å². The van der Waals surface area contributed by atoms with Crippen LogP contribution in [0.25, 0.3) is 0 Å².